The van der Waals surface area contributed by atoms with Crippen LogP contribution in [0.4, 0.5) is 0 Å². The van der Waals surface area contributed by atoms with Gasteiger partial charge in [0.05, 0.1) is 13.2 Å². The molecule has 1 heterocycles. The molecular formula is C11H22N2O3. The molecule has 1 aliphatic heterocycles. The van der Waals surface area contributed by atoms with Crippen molar-refractivity contribution in [2.24, 2.45) is 0 Å². The zero-order valence-electron chi connectivity index (χ0n) is 10.1. The van der Waals surface area contributed by atoms with Gasteiger partial charge < -0.3 is 20.1 Å². The van der Waals surface area contributed by atoms with Crippen LogP contribution in [0.3, 0.4) is 0 Å². The maximum atomic E-state index is 11.5. The van der Waals surface area contributed by atoms with Crippen LogP contribution in [-0.4, -0.2) is 51.5 Å². The first-order chi connectivity index (χ1) is 7.72. The molecule has 5 nitrogen and oxygen atoms in total. The van der Waals surface area contributed by atoms with Gasteiger partial charge in [-0.2, -0.15) is 0 Å². The van der Waals surface area contributed by atoms with Crippen LogP contribution in [0.5, 0.6) is 0 Å². The Labute approximate surface area is 96.9 Å². The molecule has 1 fully saturated rings. The van der Waals surface area contributed by atoms with E-state index in [4.69, 9.17) is 9.47 Å². The minimum absolute atomic E-state index is 0.0322. The quantitative estimate of drug-likeness (QED) is 0.626. The smallest absolute Gasteiger partial charge is 0.246 e. The van der Waals surface area contributed by atoms with Crippen LogP contribution in [0.25, 0.3) is 0 Å². The number of amides is 1. The molecule has 0 aromatic carbocycles. The summed E-state index contributed by atoms with van der Waals surface area (Å²) in [4.78, 5) is 11.5. The summed E-state index contributed by atoms with van der Waals surface area (Å²) in [5.74, 6) is -0.0322. The summed E-state index contributed by atoms with van der Waals surface area (Å²) in [6.45, 7) is 4.22. The van der Waals surface area contributed by atoms with Crippen LogP contribution in [-0.2, 0) is 14.3 Å². The van der Waals surface area contributed by atoms with Crippen LogP contribution in [0.2, 0.25) is 0 Å². The predicted octanol–water partition coefficient (Wildman–Crippen LogP) is -0.0939. The number of ether oxygens (including phenoxy) is 2. The predicted molar refractivity (Wildman–Crippen MR) is 61.3 cm³/mol. The average molecular weight is 230 g/mol. The molecule has 0 bridgehead atoms. The van der Waals surface area contributed by atoms with E-state index in [1.165, 1.54) is 0 Å². The Hall–Kier alpha value is -0.650. The van der Waals surface area contributed by atoms with E-state index in [9.17, 15) is 4.79 Å². The lowest BCUT2D eigenvalue weighted by Crippen LogP contribution is -2.47. The first-order valence-electron chi connectivity index (χ1n) is 5.81. The fourth-order valence-electron chi connectivity index (χ4n) is 1.84. The Balaban J connectivity index is 2.08. The number of rotatable bonds is 6. The third-order valence-electron chi connectivity index (χ3n) is 2.65. The van der Waals surface area contributed by atoms with E-state index in [0.717, 1.165) is 19.4 Å². The van der Waals surface area contributed by atoms with Crippen molar-refractivity contribution in [2.45, 2.75) is 31.8 Å². The largest absolute Gasteiger partial charge is 0.382 e. The highest BCUT2D eigenvalue weighted by Crippen LogP contribution is 2.07. The third-order valence-corrected chi connectivity index (χ3v) is 2.65. The number of piperidine rings is 1. The van der Waals surface area contributed by atoms with Crippen molar-refractivity contribution in [2.75, 3.05) is 33.5 Å². The zero-order valence-corrected chi connectivity index (χ0v) is 10.1. The number of carbonyl (C=O) groups is 1. The normalized spacial score (nSPS) is 25.4. The van der Waals surface area contributed by atoms with E-state index >= 15 is 0 Å². The second-order valence-corrected chi connectivity index (χ2v) is 4.19. The summed E-state index contributed by atoms with van der Waals surface area (Å²) in [5, 5.41) is 6.33. The SMILES string of the molecule is COCCOCC(=O)NC1CCNC(C)C1. The molecule has 0 spiro atoms. The molecule has 0 aliphatic carbocycles. The van der Waals surface area contributed by atoms with Crippen LogP contribution < -0.4 is 10.6 Å². The van der Waals surface area contributed by atoms with Crippen LogP contribution in [0.1, 0.15) is 19.8 Å². The third kappa shape index (κ3) is 5.44. The van der Waals surface area contributed by atoms with Gasteiger partial charge in [0.2, 0.25) is 5.91 Å². The van der Waals surface area contributed by atoms with Gasteiger partial charge in [0.1, 0.15) is 6.61 Å². The summed E-state index contributed by atoms with van der Waals surface area (Å²) in [6.07, 6.45) is 1.98. The molecule has 0 radical (unpaired) electrons. The molecule has 0 saturated carbocycles. The minimum Gasteiger partial charge on any atom is -0.382 e. The number of nitrogens with one attached hydrogen (secondary N) is 2. The maximum Gasteiger partial charge on any atom is 0.246 e. The van der Waals surface area contributed by atoms with Crippen molar-refractivity contribution in [3.05, 3.63) is 0 Å². The second-order valence-electron chi connectivity index (χ2n) is 4.19. The molecule has 1 amide bonds. The Morgan fingerprint density at radius 1 is 1.50 bits per heavy atom. The molecule has 94 valence electrons. The number of methoxy groups -OCH3 is 1. The van der Waals surface area contributed by atoms with Gasteiger partial charge in [0.15, 0.2) is 0 Å². The lowest BCUT2D eigenvalue weighted by atomic mass is 10.0. The van der Waals surface area contributed by atoms with Gasteiger partial charge in [-0.15, -0.1) is 0 Å². The Morgan fingerprint density at radius 2 is 2.31 bits per heavy atom. The van der Waals surface area contributed by atoms with E-state index in [-0.39, 0.29) is 18.6 Å². The number of hydrogen-bond donors (Lipinski definition) is 2. The lowest BCUT2D eigenvalue weighted by Gasteiger charge is -2.28. The summed E-state index contributed by atoms with van der Waals surface area (Å²) in [5.41, 5.74) is 0. The Kier molecular flexibility index (Phi) is 6.37. The van der Waals surface area contributed by atoms with Gasteiger partial charge in [0.25, 0.3) is 0 Å². The molecule has 2 unspecified atom stereocenters. The second kappa shape index (κ2) is 7.60. The van der Waals surface area contributed by atoms with Crippen LogP contribution >= 0.6 is 0 Å². The molecule has 0 aromatic heterocycles. The number of hydrogen-bond acceptors (Lipinski definition) is 4. The summed E-state index contributed by atoms with van der Waals surface area (Å²) < 4.78 is 9.97. The van der Waals surface area contributed by atoms with Gasteiger partial charge in [-0.3, -0.25) is 4.79 Å². The van der Waals surface area contributed by atoms with Crippen molar-refractivity contribution < 1.29 is 14.3 Å². The maximum absolute atomic E-state index is 11.5. The molecule has 2 atom stereocenters. The van der Waals surface area contributed by atoms with Crippen LogP contribution in [0.15, 0.2) is 0 Å². The van der Waals surface area contributed by atoms with E-state index < -0.39 is 0 Å². The fraction of sp³-hybridized carbons (Fsp3) is 0.909. The summed E-state index contributed by atoms with van der Waals surface area (Å²) >= 11 is 0. The van der Waals surface area contributed by atoms with Crippen molar-refractivity contribution in [1.29, 1.82) is 0 Å². The van der Waals surface area contributed by atoms with E-state index in [1.54, 1.807) is 7.11 Å². The van der Waals surface area contributed by atoms with E-state index in [1.807, 2.05) is 0 Å². The van der Waals surface area contributed by atoms with E-state index in [0.29, 0.717) is 19.3 Å². The first-order valence-corrected chi connectivity index (χ1v) is 5.81. The van der Waals surface area contributed by atoms with Gasteiger partial charge >= 0.3 is 0 Å². The molecule has 16 heavy (non-hydrogen) atoms. The van der Waals surface area contributed by atoms with Gasteiger partial charge in [-0.1, -0.05) is 0 Å². The van der Waals surface area contributed by atoms with Crippen molar-refractivity contribution in [3.63, 3.8) is 0 Å². The molecule has 2 N–H and O–H groups in total. The summed E-state index contributed by atoms with van der Waals surface area (Å²) in [7, 11) is 1.61. The van der Waals surface area contributed by atoms with Crippen LogP contribution in [0, 0.1) is 0 Å². The average Bonchev–Trinajstić information content (AvgIpc) is 2.24. The minimum atomic E-state index is -0.0322. The first kappa shape index (κ1) is 13.4. The lowest BCUT2D eigenvalue weighted by molar-refractivity contribution is -0.127. The monoisotopic (exact) mass is 230 g/mol. The molecule has 1 aliphatic rings. The Morgan fingerprint density at radius 3 is 3.00 bits per heavy atom. The van der Waals surface area contributed by atoms with Gasteiger partial charge in [0, 0.05) is 19.2 Å². The molecule has 1 rings (SSSR count). The van der Waals surface area contributed by atoms with Crippen molar-refractivity contribution in [1.82, 2.24) is 10.6 Å². The fourth-order valence-corrected chi connectivity index (χ4v) is 1.84. The molecular weight excluding hydrogens is 208 g/mol. The van der Waals surface area contributed by atoms with E-state index in [2.05, 4.69) is 17.6 Å². The number of carbonyl (C=O) groups excluding carboxylic acids is 1. The topological polar surface area (TPSA) is 59.6 Å². The molecule has 0 aromatic rings. The van der Waals surface area contributed by atoms with Crippen molar-refractivity contribution >= 4 is 5.91 Å². The van der Waals surface area contributed by atoms with Gasteiger partial charge in [-0.05, 0) is 26.3 Å². The standard InChI is InChI=1S/C11H22N2O3/c1-9-7-10(3-4-12-9)13-11(14)8-16-6-5-15-2/h9-10,12H,3-8H2,1-2H3,(H,13,14). The highest BCUT2D eigenvalue weighted by molar-refractivity contribution is 5.77. The highest BCUT2D eigenvalue weighted by Gasteiger charge is 2.19. The highest BCUT2D eigenvalue weighted by atomic mass is 16.5. The zero-order chi connectivity index (χ0) is 11.8. The van der Waals surface area contributed by atoms with Gasteiger partial charge in [-0.25, -0.2) is 0 Å². The molecule has 5 heteroatoms. The Bertz CT molecular complexity index is 211. The molecule has 1 saturated heterocycles. The summed E-state index contributed by atoms with van der Waals surface area (Å²) in [6, 6.07) is 0.767. The van der Waals surface area contributed by atoms with Crippen molar-refractivity contribution in [3.8, 4) is 0 Å².